The zero-order valence-electron chi connectivity index (χ0n) is 8.58. The molecule has 1 unspecified atom stereocenters. The molecule has 0 saturated carbocycles. The molecule has 0 spiro atoms. The smallest absolute Gasteiger partial charge is 0.320 e. The first-order chi connectivity index (χ1) is 7.74. The van der Waals surface area contributed by atoms with Crippen LogP contribution in [0.3, 0.4) is 0 Å². The molecule has 0 aromatic heterocycles. The summed E-state index contributed by atoms with van der Waals surface area (Å²) in [4.78, 5) is 13.3. The lowest BCUT2D eigenvalue weighted by atomic mass is 10.2. The molecule has 0 aliphatic heterocycles. The highest BCUT2D eigenvalue weighted by Crippen LogP contribution is 1.98. The number of benzene rings is 1. The molecule has 0 radical (unpaired) electrons. The molecule has 2 N–H and O–H groups in total. The molecule has 1 aromatic carbocycles. The SMILES string of the molecule is [N-]=[N+]=NCC(NCc1ccccc1)C(=O)O. The second-order valence-electron chi connectivity index (χ2n) is 3.17. The number of carboxylic acid groups (broad SMARTS) is 1. The summed E-state index contributed by atoms with van der Waals surface area (Å²) < 4.78 is 0. The van der Waals surface area contributed by atoms with Crippen LogP contribution in [0.2, 0.25) is 0 Å². The van der Waals surface area contributed by atoms with Gasteiger partial charge in [0.25, 0.3) is 0 Å². The van der Waals surface area contributed by atoms with Crippen LogP contribution in [0.15, 0.2) is 35.4 Å². The third-order valence-electron chi connectivity index (χ3n) is 2.02. The Hall–Kier alpha value is -2.04. The molecule has 0 amide bonds. The molecule has 6 nitrogen and oxygen atoms in total. The zero-order valence-corrected chi connectivity index (χ0v) is 8.58. The zero-order chi connectivity index (χ0) is 11.8. The van der Waals surface area contributed by atoms with Crippen molar-refractivity contribution in [3.63, 3.8) is 0 Å². The number of hydrogen-bond donors (Lipinski definition) is 2. The van der Waals surface area contributed by atoms with Gasteiger partial charge in [-0.25, -0.2) is 0 Å². The van der Waals surface area contributed by atoms with E-state index in [2.05, 4.69) is 15.3 Å². The van der Waals surface area contributed by atoms with Gasteiger partial charge in [0.1, 0.15) is 6.04 Å². The van der Waals surface area contributed by atoms with Crippen LogP contribution in [0.4, 0.5) is 0 Å². The van der Waals surface area contributed by atoms with Gasteiger partial charge in [-0.15, -0.1) is 0 Å². The third kappa shape index (κ3) is 4.00. The van der Waals surface area contributed by atoms with Crippen molar-refractivity contribution in [2.24, 2.45) is 5.11 Å². The number of azide groups is 1. The molecule has 0 aliphatic carbocycles. The lowest BCUT2D eigenvalue weighted by Gasteiger charge is -2.11. The molecule has 0 saturated heterocycles. The molecule has 6 heteroatoms. The Morgan fingerprint density at radius 2 is 2.19 bits per heavy atom. The van der Waals surface area contributed by atoms with Gasteiger partial charge in [0.2, 0.25) is 0 Å². The number of rotatable bonds is 6. The predicted molar refractivity (Wildman–Crippen MR) is 58.7 cm³/mol. The standard InChI is InChI=1S/C10H12N4O2/c11-14-13-7-9(10(15)16)12-6-8-4-2-1-3-5-8/h1-5,9,12H,6-7H2,(H,15,16). The minimum absolute atomic E-state index is 0.0985. The number of hydrogen-bond acceptors (Lipinski definition) is 3. The summed E-state index contributed by atoms with van der Waals surface area (Å²) >= 11 is 0. The summed E-state index contributed by atoms with van der Waals surface area (Å²) in [5, 5.41) is 14.9. The van der Waals surface area contributed by atoms with Crippen molar-refractivity contribution in [3.8, 4) is 0 Å². The largest absolute Gasteiger partial charge is 0.480 e. The lowest BCUT2D eigenvalue weighted by molar-refractivity contribution is -0.139. The Morgan fingerprint density at radius 3 is 2.75 bits per heavy atom. The van der Waals surface area contributed by atoms with Crippen LogP contribution >= 0.6 is 0 Å². The van der Waals surface area contributed by atoms with E-state index in [1.54, 1.807) is 0 Å². The van der Waals surface area contributed by atoms with Crippen molar-refractivity contribution in [1.82, 2.24) is 5.32 Å². The van der Waals surface area contributed by atoms with Gasteiger partial charge in [-0.1, -0.05) is 35.4 Å². The highest BCUT2D eigenvalue weighted by Gasteiger charge is 2.14. The predicted octanol–water partition coefficient (Wildman–Crippen LogP) is 1.54. The van der Waals surface area contributed by atoms with Gasteiger partial charge in [0.05, 0.1) is 6.54 Å². The Balaban J connectivity index is 2.50. The summed E-state index contributed by atoms with van der Waals surface area (Å²) in [7, 11) is 0. The van der Waals surface area contributed by atoms with Crippen LogP contribution in [0.25, 0.3) is 10.4 Å². The van der Waals surface area contributed by atoms with Gasteiger partial charge < -0.3 is 10.4 Å². The van der Waals surface area contributed by atoms with E-state index in [1.165, 1.54) is 0 Å². The van der Waals surface area contributed by atoms with Crippen molar-refractivity contribution in [3.05, 3.63) is 46.3 Å². The molecule has 1 rings (SSSR count). The fourth-order valence-corrected chi connectivity index (χ4v) is 1.19. The molecular formula is C10H12N4O2. The second-order valence-corrected chi connectivity index (χ2v) is 3.17. The molecule has 0 aliphatic rings. The summed E-state index contributed by atoms with van der Waals surface area (Å²) in [6.45, 7) is 0.331. The second kappa shape index (κ2) is 6.44. The third-order valence-corrected chi connectivity index (χ3v) is 2.02. The molecule has 0 heterocycles. The molecular weight excluding hydrogens is 208 g/mol. The monoisotopic (exact) mass is 220 g/mol. The average Bonchev–Trinajstić information content (AvgIpc) is 2.30. The van der Waals surface area contributed by atoms with E-state index in [0.29, 0.717) is 6.54 Å². The molecule has 84 valence electrons. The van der Waals surface area contributed by atoms with Gasteiger partial charge in [-0.05, 0) is 11.1 Å². The van der Waals surface area contributed by atoms with Crippen LogP contribution < -0.4 is 5.32 Å². The van der Waals surface area contributed by atoms with E-state index in [9.17, 15) is 4.79 Å². The number of carbonyl (C=O) groups is 1. The topological polar surface area (TPSA) is 98.1 Å². The Kier molecular flexibility index (Phi) is 4.85. The number of nitrogens with zero attached hydrogens (tertiary/aromatic N) is 3. The molecule has 1 aromatic rings. The fourth-order valence-electron chi connectivity index (χ4n) is 1.19. The number of aliphatic carboxylic acids is 1. The minimum atomic E-state index is -1.02. The number of carboxylic acids is 1. The highest BCUT2D eigenvalue weighted by molar-refractivity contribution is 5.73. The first kappa shape index (κ1) is 12.0. The van der Waals surface area contributed by atoms with E-state index in [-0.39, 0.29) is 6.54 Å². The number of nitrogens with one attached hydrogen (secondary N) is 1. The van der Waals surface area contributed by atoms with E-state index in [4.69, 9.17) is 10.6 Å². The van der Waals surface area contributed by atoms with Crippen molar-refractivity contribution in [2.75, 3.05) is 6.54 Å². The Morgan fingerprint density at radius 1 is 1.50 bits per heavy atom. The Labute approximate surface area is 92.5 Å². The van der Waals surface area contributed by atoms with Gasteiger partial charge in [-0.3, -0.25) is 4.79 Å². The van der Waals surface area contributed by atoms with Crippen molar-refractivity contribution in [1.29, 1.82) is 0 Å². The van der Waals surface area contributed by atoms with Crippen molar-refractivity contribution >= 4 is 5.97 Å². The molecule has 1 atom stereocenters. The highest BCUT2D eigenvalue weighted by atomic mass is 16.4. The van der Waals surface area contributed by atoms with Gasteiger partial charge in [0.15, 0.2) is 0 Å². The summed E-state index contributed by atoms with van der Waals surface area (Å²) in [6.07, 6.45) is 0. The quantitative estimate of drug-likeness (QED) is 0.432. The molecule has 16 heavy (non-hydrogen) atoms. The van der Waals surface area contributed by atoms with Crippen LogP contribution in [-0.2, 0) is 11.3 Å². The van der Waals surface area contributed by atoms with Gasteiger partial charge in [-0.2, -0.15) is 0 Å². The summed E-state index contributed by atoms with van der Waals surface area (Å²) in [5.74, 6) is -1.02. The van der Waals surface area contributed by atoms with Crippen LogP contribution in [0.1, 0.15) is 5.56 Å². The first-order valence-electron chi connectivity index (χ1n) is 4.75. The van der Waals surface area contributed by atoms with Gasteiger partial charge >= 0.3 is 5.97 Å². The van der Waals surface area contributed by atoms with Crippen LogP contribution in [0.5, 0.6) is 0 Å². The maximum Gasteiger partial charge on any atom is 0.320 e. The van der Waals surface area contributed by atoms with E-state index < -0.39 is 12.0 Å². The molecule has 0 bridgehead atoms. The minimum Gasteiger partial charge on any atom is -0.480 e. The lowest BCUT2D eigenvalue weighted by Crippen LogP contribution is -2.38. The maximum atomic E-state index is 10.8. The normalized spacial score (nSPS) is 11.5. The summed E-state index contributed by atoms with van der Waals surface area (Å²) in [6, 6.07) is 8.56. The average molecular weight is 220 g/mol. The van der Waals surface area contributed by atoms with Crippen molar-refractivity contribution < 1.29 is 9.90 Å². The first-order valence-corrected chi connectivity index (χ1v) is 4.75. The van der Waals surface area contributed by atoms with E-state index >= 15 is 0 Å². The van der Waals surface area contributed by atoms with Crippen LogP contribution in [-0.4, -0.2) is 23.7 Å². The summed E-state index contributed by atoms with van der Waals surface area (Å²) in [5.41, 5.74) is 9.10. The fraction of sp³-hybridized carbons (Fsp3) is 0.300. The molecule has 0 fully saturated rings. The maximum absolute atomic E-state index is 10.8. The van der Waals surface area contributed by atoms with Crippen LogP contribution in [0, 0.1) is 0 Å². The van der Waals surface area contributed by atoms with Gasteiger partial charge in [0, 0.05) is 11.5 Å². The Bertz CT molecular complexity index is 387. The van der Waals surface area contributed by atoms with E-state index in [0.717, 1.165) is 5.56 Å². The van der Waals surface area contributed by atoms with E-state index in [1.807, 2.05) is 30.3 Å². The van der Waals surface area contributed by atoms with Crippen molar-refractivity contribution in [2.45, 2.75) is 12.6 Å².